The number of nitrogens with one attached hydrogen (secondary N) is 1. The van der Waals surface area contributed by atoms with Crippen LogP contribution < -0.4 is 25.2 Å². The van der Waals surface area contributed by atoms with Crippen molar-refractivity contribution < 1.29 is 19.2 Å². The summed E-state index contributed by atoms with van der Waals surface area (Å²) in [6.45, 7) is 1.21. The number of aryl methyl sites for hydroxylation is 1. The summed E-state index contributed by atoms with van der Waals surface area (Å²) in [5, 5.41) is 15.0. The molecular formula is C31H32N4O6. The highest BCUT2D eigenvalue weighted by atomic mass is 16.6. The van der Waals surface area contributed by atoms with Crippen LogP contribution in [-0.4, -0.2) is 42.2 Å². The predicted octanol–water partition coefficient (Wildman–Crippen LogP) is 3.74. The Morgan fingerprint density at radius 1 is 1.05 bits per heavy atom. The molecule has 4 heterocycles. The number of fused-ring (bicyclic) bond motifs is 9. The van der Waals surface area contributed by atoms with Crippen LogP contribution in [0, 0.1) is 22.0 Å². The molecule has 0 radical (unpaired) electrons. The van der Waals surface area contributed by atoms with E-state index in [-0.39, 0.29) is 46.0 Å². The molecule has 1 aromatic heterocycles. The lowest BCUT2D eigenvalue weighted by atomic mass is 9.70. The van der Waals surface area contributed by atoms with Crippen molar-refractivity contribution in [2.24, 2.45) is 11.8 Å². The van der Waals surface area contributed by atoms with Gasteiger partial charge in [0.2, 0.25) is 5.91 Å². The first-order chi connectivity index (χ1) is 19.9. The average molecular weight is 557 g/mol. The molecular weight excluding hydrogens is 524 g/mol. The third kappa shape index (κ3) is 4.07. The van der Waals surface area contributed by atoms with Crippen LogP contribution in [0.1, 0.15) is 47.2 Å². The summed E-state index contributed by atoms with van der Waals surface area (Å²) in [7, 11) is 3.21. The zero-order valence-corrected chi connectivity index (χ0v) is 23.0. The molecule has 1 saturated heterocycles. The summed E-state index contributed by atoms with van der Waals surface area (Å²) in [6.07, 6.45) is 2.90. The number of non-ortho nitro benzene ring substituents is 1. The Bertz CT molecular complexity index is 1630. The summed E-state index contributed by atoms with van der Waals surface area (Å²) < 4.78 is 12.9. The largest absolute Gasteiger partial charge is 0.493 e. The molecule has 2 bridgehead atoms. The summed E-state index contributed by atoms with van der Waals surface area (Å²) in [5.41, 5.74) is 4.97. The Hall–Kier alpha value is -4.34. The molecule has 4 aliphatic rings. The Balaban J connectivity index is 1.25. The molecule has 1 fully saturated rings. The Morgan fingerprint density at radius 2 is 1.85 bits per heavy atom. The maximum absolute atomic E-state index is 14.2. The van der Waals surface area contributed by atoms with E-state index in [0.29, 0.717) is 31.0 Å². The fraction of sp³-hybridized carbons (Fsp3) is 0.419. The lowest BCUT2D eigenvalue weighted by Crippen LogP contribution is -2.61. The molecule has 1 amide bonds. The van der Waals surface area contributed by atoms with Gasteiger partial charge in [-0.15, -0.1) is 0 Å². The van der Waals surface area contributed by atoms with E-state index >= 15 is 0 Å². The quantitative estimate of drug-likeness (QED) is 0.376. The van der Waals surface area contributed by atoms with E-state index in [1.54, 1.807) is 32.4 Å². The van der Waals surface area contributed by atoms with Crippen LogP contribution in [0.5, 0.6) is 11.5 Å². The van der Waals surface area contributed by atoms with Crippen molar-refractivity contribution in [3.05, 3.63) is 91.4 Å². The first-order valence-electron chi connectivity index (χ1n) is 14.1. The van der Waals surface area contributed by atoms with E-state index in [1.807, 2.05) is 34.9 Å². The number of rotatable bonds is 5. The number of piperidine rings is 1. The molecule has 3 unspecified atom stereocenters. The molecule has 10 nitrogen and oxygen atoms in total. The SMILES string of the molecule is COc1cc2c(cc1OC)C(NC(=O)[C@@H]1Cc3cc([N+](=O)[O-])ccc3N3CC4CC(Cn5c4cccc5=O)[C@@H]13)CC2. The maximum Gasteiger partial charge on any atom is 0.269 e. The Morgan fingerprint density at radius 3 is 2.63 bits per heavy atom. The minimum atomic E-state index is -0.416. The second-order valence-electron chi connectivity index (χ2n) is 11.6. The molecule has 212 valence electrons. The molecule has 5 atom stereocenters. The number of methoxy groups -OCH3 is 2. The van der Waals surface area contributed by atoms with Gasteiger partial charge >= 0.3 is 0 Å². The monoisotopic (exact) mass is 556 g/mol. The van der Waals surface area contributed by atoms with Gasteiger partial charge in [0.25, 0.3) is 11.2 Å². The van der Waals surface area contributed by atoms with Crippen LogP contribution >= 0.6 is 0 Å². The molecule has 0 spiro atoms. The fourth-order valence-corrected chi connectivity index (χ4v) is 7.81. The Kier molecular flexibility index (Phi) is 6.02. The van der Waals surface area contributed by atoms with E-state index in [2.05, 4.69) is 10.2 Å². The van der Waals surface area contributed by atoms with Crippen molar-refractivity contribution in [1.29, 1.82) is 0 Å². The topological polar surface area (TPSA) is 116 Å². The van der Waals surface area contributed by atoms with E-state index in [9.17, 15) is 19.7 Å². The number of amides is 1. The molecule has 1 N–H and O–H groups in total. The third-order valence-electron chi connectivity index (χ3n) is 9.58. The highest BCUT2D eigenvalue weighted by Gasteiger charge is 2.49. The number of nitro benzene ring substituents is 1. The molecule has 41 heavy (non-hydrogen) atoms. The van der Waals surface area contributed by atoms with Crippen LogP contribution in [-0.2, 0) is 24.2 Å². The fourth-order valence-electron chi connectivity index (χ4n) is 7.81. The van der Waals surface area contributed by atoms with E-state index in [1.165, 1.54) is 0 Å². The Labute approximate surface area is 237 Å². The number of hydrogen-bond acceptors (Lipinski definition) is 7. The molecule has 2 aromatic carbocycles. The van der Waals surface area contributed by atoms with E-state index in [0.717, 1.165) is 47.3 Å². The molecule has 1 aliphatic carbocycles. The number of carbonyl (C=O) groups excluding carboxylic acids is 1. The molecule has 0 saturated carbocycles. The van der Waals surface area contributed by atoms with Gasteiger partial charge in [-0.1, -0.05) is 6.07 Å². The molecule has 10 heteroatoms. The standard InChI is InChI=1S/C31H32N4O6/c1-40-27-13-17-6-8-24(22(17)14-28(27)41-2)32-31(37)23-12-18-11-21(35(38)39)7-9-26(18)34-15-19-10-20(30(23)34)16-33-25(19)4-3-5-29(33)36/h3-5,7,9,11,13-14,19-20,23-24,30H,6,8,10,12,15-16H2,1-2H3,(H,32,37)/t19?,20?,23-,24?,30+/m1/s1. The maximum atomic E-state index is 14.2. The highest BCUT2D eigenvalue weighted by Crippen LogP contribution is 2.48. The average Bonchev–Trinajstić information content (AvgIpc) is 3.37. The van der Waals surface area contributed by atoms with Gasteiger partial charge in [-0.25, -0.2) is 0 Å². The van der Waals surface area contributed by atoms with Crippen LogP contribution in [0.2, 0.25) is 0 Å². The second kappa shape index (κ2) is 9.64. The van der Waals surface area contributed by atoms with Gasteiger partial charge in [0.1, 0.15) is 0 Å². The predicted molar refractivity (Wildman–Crippen MR) is 152 cm³/mol. The first kappa shape index (κ1) is 25.6. The van der Waals surface area contributed by atoms with Gasteiger partial charge in [0, 0.05) is 54.6 Å². The number of pyridine rings is 1. The van der Waals surface area contributed by atoms with Gasteiger partial charge < -0.3 is 24.3 Å². The van der Waals surface area contributed by atoms with Crippen LogP contribution in [0.4, 0.5) is 11.4 Å². The zero-order chi connectivity index (χ0) is 28.4. The number of hydrogen-bond donors (Lipinski definition) is 1. The third-order valence-corrected chi connectivity index (χ3v) is 9.58. The number of nitro groups is 1. The van der Waals surface area contributed by atoms with E-state index in [4.69, 9.17) is 9.47 Å². The van der Waals surface area contributed by atoms with Gasteiger partial charge in [0.05, 0.1) is 31.1 Å². The number of nitrogens with zero attached hydrogens (tertiary/aromatic N) is 3. The van der Waals surface area contributed by atoms with Crippen LogP contribution in [0.25, 0.3) is 0 Å². The smallest absolute Gasteiger partial charge is 0.269 e. The summed E-state index contributed by atoms with van der Waals surface area (Å²) in [5.74, 6) is 1.06. The van der Waals surface area contributed by atoms with Crippen LogP contribution in [0.15, 0.2) is 53.3 Å². The van der Waals surface area contributed by atoms with Crippen molar-refractivity contribution in [3.63, 3.8) is 0 Å². The first-order valence-corrected chi connectivity index (χ1v) is 14.1. The molecule has 7 rings (SSSR count). The number of ether oxygens (including phenoxy) is 2. The number of carbonyl (C=O) groups is 1. The molecule has 3 aromatic rings. The van der Waals surface area contributed by atoms with Crippen molar-refractivity contribution in [1.82, 2.24) is 9.88 Å². The molecule has 3 aliphatic heterocycles. The van der Waals surface area contributed by atoms with Crippen molar-refractivity contribution in [3.8, 4) is 11.5 Å². The lowest BCUT2D eigenvalue weighted by molar-refractivity contribution is -0.384. The second-order valence-corrected chi connectivity index (χ2v) is 11.6. The zero-order valence-electron chi connectivity index (χ0n) is 23.0. The van der Waals surface area contributed by atoms with Gasteiger partial charge in [0.15, 0.2) is 11.5 Å². The highest BCUT2D eigenvalue weighted by molar-refractivity contribution is 5.83. The van der Waals surface area contributed by atoms with Gasteiger partial charge in [-0.05, 0) is 72.6 Å². The number of benzene rings is 2. The van der Waals surface area contributed by atoms with Gasteiger partial charge in [-0.2, -0.15) is 0 Å². The summed E-state index contributed by atoms with van der Waals surface area (Å²) >= 11 is 0. The van der Waals surface area contributed by atoms with Crippen molar-refractivity contribution >= 4 is 17.3 Å². The summed E-state index contributed by atoms with van der Waals surface area (Å²) in [6, 6.07) is 14.1. The number of aromatic nitrogens is 1. The van der Waals surface area contributed by atoms with Crippen molar-refractivity contribution in [2.75, 3.05) is 25.7 Å². The van der Waals surface area contributed by atoms with Crippen LogP contribution in [0.3, 0.4) is 0 Å². The normalized spacial score (nSPS) is 25.3. The van der Waals surface area contributed by atoms with Crippen molar-refractivity contribution in [2.45, 2.75) is 50.2 Å². The minimum absolute atomic E-state index is 0.00887. The lowest BCUT2D eigenvalue weighted by Gasteiger charge is -2.54. The van der Waals surface area contributed by atoms with E-state index < -0.39 is 5.92 Å². The summed E-state index contributed by atoms with van der Waals surface area (Å²) in [4.78, 5) is 40.5. The van der Waals surface area contributed by atoms with Gasteiger partial charge in [-0.3, -0.25) is 19.7 Å². The number of anilines is 1. The minimum Gasteiger partial charge on any atom is -0.493 e.